The maximum Gasteiger partial charge on any atom is 0.247 e. The highest BCUT2D eigenvalue weighted by Gasteiger charge is 2.43. The number of imide groups is 1. The van der Waals surface area contributed by atoms with E-state index in [-0.39, 0.29) is 24.3 Å². The second kappa shape index (κ2) is 5.80. The van der Waals surface area contributed by atoms with Crippen molar-refractivity contribution in [2.45, 2.75) is 31.6 Å². The van der Waals surface area contributed by atoms with Crippen molar-refractivity contribution >= 4 is 40.7 Å². The lowest BCUT2D eigenvalue weighted by molar-refractivity contribution is -0.140. The van der Waals surface area contributed by atoms with Crippen LogP contribution in [-0.2, 0) is 30.4 Å². The van der Waals surface area contributed by atoms with Crippen molar-refractivity contribution in [1.82, 2.24) is 4.90 Å². The molecule has 0 spiro atoms. The first-order chi connectivity index (χ1) is 7.84. The Hall–Kier alpha value is 0.0600. The van der Waals surface area contributed by atoms with Gasteiger partial charge < -0.3 is 9.05 Å². The van der Waals surface area contributed by atoms with Crippen molar-refractivity contribution in [1.29, 1.82) is 0 Å². The van der Waals surface area contributed by atoms with Crippen LogP contribution in [0.15, 0.2) is 0 Å². The van der Waals surface area contributed by atoms with E-state index in [2.05, 4.69) is 0 Å². The average Bonchev–Trinajstić information content (AvgIpc) is 2.53. The highest BCUT2D eigenvalue weighted by molar-refractivity contribution is 8.68. The molecule has 0 aromatic heterocycles. The number of hydrogen-bond donors (Lipinski definition) is 0. The fourth-order valence-electron chi connectivity index (χ4n) is 1.56. The molecule has 0 saturated carbocycles. The Labute approximate surface area is 110 Å². The molecule has 5 nitrogen and oxygen atoms in total. The lowest BCUT2D eigenvalue weighted by Gasteiger charge is -2.21. The van der Waals surface area contributed by atoms with Gasteiger partial charge in [0.25, 0.3) is 0 Å². The van der Waals surface area contributed by atoms with Crippen molar-refractivity contribution in [3.63, 3.8) is 0 Å². The molecule has 1 fully saturated rings. The van der Waals surface area contributed by atoms with E-state index in [4.69, 9.17) is 20.9 Å². The third-order valence-electron chi connectivity index (χ3n) is 2.36. The zero-order valence-electron chi connectivity index (χ0n) is 10.2. The predicted octanol–water partition coefficient (Wildman–Crippen LogP) is 1.77. The topological polar surface area (TPSA) is 55.8 Å². The maximum atomic E-state index is 12.0. The van der Waals surface area contributed by atoms with Crippen LogP contribution in [0.1, 0.15) is 20.3 Å². The smallest absolute Gasteiger partial charge is 0.247 e. The Morgan fingerprint density at radius 2 is 1.94 bits per heavy atom. The normalized spacial score (nSPS) is 21.7. The first-order valence-electron chi connectivity index (χ1n) is 5.10. The molecule has 1 atom stereocenters. The molecule has 8 heteroatoms. The predicted molar refractivity (Wildman–Crippen MR) is 71.3 cm³/mol. The summed E-state index contributed by atoms with van der Waals surface area (Å²) >= 11 is 6.34. The van der Waals surface area contributed by atoms with Gasteiger partial charge in [-0.2, -0.15) is 0 Å². The molecule has 1 aliphatic rings. The lowest BCUT2D eigenvalue weighted by atomic mass is 10.3. The Kier molecular flexibility index (Phi) is 5.16. The zero-order valence-corrected chi connectivity index (χ0v) is 12.7. The lowest BCUT2D eigenvalue weighted by Crippen LogP contribution is -2.37. The summed E-state index contributed by atoms with van der Waals surface area (Å²) in [6.07, 6.45) is 0.173. The molecular weight excluding hydrogens is 281 g/mol. The molecule has 98 valence electrons. The molecule has 0 aliphatic carbocycles. The molecule has 0 radical (unpaired) electrons. The zero-order chi connectivity index (χ0) is 13.2. The number of amides is 2. The fraction of sp³-hybridized carbons (Fsp3) is 0.778. The molecule has 0 bridgehead atoms. The average molecular weight is 297 g/mol. The fourth-order valence-corrected chi connectivity index (χ4v) is 5.50. The third-order valence-corrected chi connectivity index (χ3v) is 8.24. The van der Waals surface area contributed by atoms with Gasteiger partial charge in [0.15, 0.2) is 0 Å². The Balaban J connectivity index is 2.80. The summed E-state index contributed by atoms with van der Waals surface area (Å²) in [5.74, 6) is -0.352. The van der Waals surface area contributed by atoms with Gasteiger partial charge in [-0.25, -0.2) is 0 Å². The van der Waals surface area contributed by atoms with E-state index in [0.717, 1.165) is 11.4 Å². The summed E-state index contributed by atoms with van der Waals surface area (Å²) in [5, 5.41) is -0.476. The van der Waals surface area contributed by atoms with Gasteiger partial charge in [-0.1, -0.05) is 11.4 Å². The summed E-state index contributed by atoms with van der Waals surface area (Å²) in [5.41, 5.74) is -2.50. The molecule has 1 saturated heterocycles. The highest BCUT2D eigenvalue weighted by Crippen LogP contribution is 2.62. The van der Waals surface area contributed by atoms with Gasteiger partial charge in [-0.15, -0.1) is 0 Å². The molecule has 1 unspecified atom stereocenters. The Bertz CT molecular complexity index is 366. The van der Waals surface area contributed by atoms with Crippen LogP contribution in [0.25, 0.3) is 0 Å². The largest absolute Gasteiger partial charge is 0.325 e. The van der Waals surface area contributed by atoms with Gasteiger partial charge in [0.05, 0.1) is 0 Å². The maximum absolute atomic E-state index is 12.0. The number of hydrogen-bond acceptors (Lipinski definition) is 6. The van der Waals surface area contributed by atoms with Crippen LogP contribution in [-0.4, -0.2) is 42.2 Å². The quantitative estimate of drug-likeness (QED) is 0.569. The number of likely N-dealkylation sites (tertiary alicyclic amines) is 1. The van der Waals surface area contributed by atoms with E-state index in [9.17, 15) is 9.59 Å². The SMILES string of the molecule is COP(=S)(OC)SC1CC(=O)N(C(C)C)C1=O. The second-order valence-corrected chi connectivity index (χ2v) is 10.4. The van der Waals surface area contributed by atoms with E-state index < -0.39 is 10.9 Å². The van der Waals surface area contributed by atoms with Crippen LogP contribution >= 0.6 is 17.1 Å². The van der Waals surface area contributed by atoms with Crippen molar-refractivity contribution in [3.05, 3.63) is 0 Å². The van der Waals surface area contributed by atoms with E-state index in [1.54, 1.807) is 0 Å². The third kappa shape index (κ3) is 3.29. The summed E-state index contributed by atoms with van der Waals surface area (Å²) in [6.45, 7) is 3.62. The Morgan fingerprint density at radius 1 is 1.41 bits per heavy atom. The van der Waals surface area contributed by atoms with Crippen LogP contribution in [0, 0.1) is 0 Å². The van der Waals surface area contributed by atoms with E-state index in [1.165, 1.54) is 19.1 Å². The van der Waals surface area contributed by atoms with Crippen LogP contribution in [0.3, 0.4) is 0 Å². The monoisotopic (exact) mass is 297 g/mol. The number of carbonyl (C=O) groups is 2. The molecule has 0 aromatic rings. The van der Waals surface area contributed by atoms with E-state index in [1.807, 2.05) is 13.8 Å². The van der Waals surface area contributed by atoms with Gasteiger partial charge >= 0.3 is 0 Å². The van der Waals surface area contributed by atoms with Gasteiger partial charge in [0.1, 0.15) is 5.25 Å². The Morgan fingerprint density at radius 3 is 2.29 bits per heavy atom. The minimum absolute atomic E-state index is 0.122. The van der Waals surface area contributed by atoms with Crippen LogP contribution < -0.4 is 0 Å². The molecule has 1 rings (SSSR count). The van der Waals surface area contributed by atoms with Crippen LogP contribution in [0.2, 0.25) is 0 Å². The van der Waals surface area contributed by atoms with Crippen molar-refractivity contribution < 1.29 is 18.6 Å². The number of carbonyl (C=O) groups excluding carboxylic acids is 2. The van der Waals surface area contributed by atoms with Crippen LogP contribution in [0.4, 0.5) is 0 Å². The standard InChI is InChI=1S/C9H16NO4PS2/c1-6(2)10-8(11)5-7(9(10)12)17-15(16,13-3)14-4/h6-7H,5H2,1-4H3. The first-order valence-corrected chi connectivity index (χ1v) is 9.22. The second-order valence-electron chi connectivity index (χ2n) is 3.81. The van der Waals surface area contributed by atoms with Gasteiger partial charge in [0, 0.05) is 26.7 Å². The molecular formula is C9H16NO4PS2. The minimum Gasteiger partial charge on any atom is -0.325 e. The molecule has 1 heterocycles. The summed E-state index contributed by atoms with van der Waals surface area (Å²) in [4.78, 5) is 25.0. The van der Waals surface area contributed by atoms with Gasteiger partial charge in [-0.05, 0) is 25.7 Å². The molecule has 0 aromatic carbocycles. The van der Waals surface area contributed by atoms with Crippen molar-refractivity contribution in [2.75, 3.05) is 14.2 Å². The number of nitrogens with zero attached hydrogens (tertiary/aromatic N) is 1. The minimum atomic E-state index is -2.50. The number of rotatable bonds is 5. The van der Waals surface area contributed by atoms with E-state index >= 15 is 0 Å². The van der Waals surface area contributed by atoms with Gasteiger partial charge in [-0.3, -0.25) is 14.5 Å². The first kappa shape index (κ1) is 15.1. The summed E-state index contributed by atoms with van der Waals surface area (Å²) in [7, 11) is 2.91. The van der Waals surface area contributed by atoms with Crippen LogP contribution in [0.5, 0.6) is 0 Å². The summed E-state index contributed by atoms with van der Waals surface area (Å²) in [6, 6.07) is -0.122. The van der Waals surface area contributed by atoms with Crippen molar-refractivity contribution in [2.24, 2.45) is 0 Å². The highest BCUT2D eigenvalue weighted by atomic mass is 32.9. The van der Waals surface area contributed by atoms with E-state index in [0.29, 0.717) is 0 Å². The molecule has 0 N–H and O–H groups in total. The van der Waals surface area contributed by atoms with Gasteiger partial charge in [0.2, 0.25) is 17.5 Å². The molecule has 2 amide bonds. The molecule has 17 heavy (non-hydrogen) atoms. The van der Waals surface area contributed by atoms with Crippen molar-refractivity contribution in [3.8, 4) is 0 Å². The molecule has 1 aliphatic heterocycles. The summed E-state index contributed by atoms with van der Waals surface area (Å²) < 4.78 is 10.2.